The van der Waals surface area contributed by atoms with Crippen molar-refractivity contribution in [2.24, 2.45) is 5.41 Å². The maximum atomic E-state index is 3.69. The van der Waals surface area contributed by atoms with Crippen molar-refractivity contribution in [2.75, 3.05) is 0 Å². The highest BCUT2D eigenvalue weighted by Gasteiger charge is 2.24. The lowest BCUT2D eigenvalue weighted by atomic mass is 9.87. The van der Waals surface area contributed by atoms with Gasteiger partial charge in [-0.25, -0.2) is 0 Å². The Balaban J connectivity index is 2.35. The Kier molecular flexibility index (Phi) is 7.47. The zero-order valence-electron chi connectivity index (χ0n) is 17.9. The van der Waals surface area contributed by atoms with Gasteiger partial charge in [-0.05, 0) is 23.0 Å². The Morgan fingerprint density at radius 1 is 0.815 bits per heavy atom. The summed E-state index contributed by atoms with van der Waals surface area (Å²) in [7, 11) is -1.41. The SMILES string of the molecule is CC(C)(C)C[C@@H](C#C[Si](C)(C)C)N(Cc1ccccc1)Cc1ccccc1. The van der Waals surface area contributed by atoms with Gasteiger partial charge in [-0.2, -0.15) is 0 Å². The van der Waals surface area contributed by atoms with Crippen molar-refractivity contribution < 1.29 is 0 Å². The van der Waals surface area contributed by atoms with E-state index in [1.807, 2.05) is 0 Å². The lowest BCUT2D eigenvalue weighted by Gasteiger charge is -2.33. The van der Waals surface area contributed by atoms with Crippen molar-refractivity contribution >= 4 is 8.07 Å². The third-order valence-electron chi connectivity index (χ3n) is 4.32. The van der Waals surface area contributed by atoms with Gasteiger partial charge in [0.1, 0.15) is 8.07 Å². The molecule has 0 bridgehead atoms. The smallest absolute Gasteiger partial charge is 0.129 e. The van der Waals surface area contributed by atoms with Gasteiger partial charge >= 0.3 is 0 Å². The van der Waals surface area contributed by atoms with E-state index in [0.717, 1.165) is 19.5 Å². The van der Waals surface area contributed by atoms with E-state index in [1.54, 1.807) is 0 Å². The number of benzene rings is 2. The highest BCUT2D eigenvalue weighted by molar-refractivity contribution is 6.83. The maximum absolute atomic E-state index is 3.69. The minimum absolute atomic E-state index is 0.240. The largest absolute Gasteiger partial charge is 0.281 e. The van der Waals surface area contributed by atoms with Crippen molar-refractivity contribution in [2.45, 2.75) is 66.0 Å². The first-order valence-corrected chi connectivity index (χ1v) is 13.5. The van der Waals surface area contributed by atoms with E-state index >= 15 is 0 Å². The molecule has 0 N–H and O–H groups in total. The van der Waals surface area contributed by atoms with Gasteiger partial charge in [-0.15, -0.1) is 5.54 Å². The van der Waals surface area contributed by atoms with Gasteiger partial charge < -0.3 is 0 Å². The molecule has 0 radical (unpaired) electrons. The van der Waals surface area contributed by atoms with Crippen LogP contribution in [0.5, 0.6) is 0 Å². The van der Waals surface area contributed by atoms with Crippen molar-refractivity contribution in [3.8, 4) is 11.5 Å². The molecule has 27 heavy (non-hydrogen) atoms. The average Bonchev–Trinajstić information content (AvgIpc) is 2.58. The van der Waals surface area contributed by atoms with Crippen LogP contribution in [0.4, 0.5) is 0 Å². The van der Waals surface area contributed by atoms with Gasteiger partial charge in [0.05, 0.1) is 6.04 Å². The molecule has 0 fully saturated rings. The summed E-state index contributed by atoms with van der Waals surface area (Å²) < 4.78 is 0. The highest BCUT2D eigenvalue weighted by atomic mass is 28.3. The molecule has 2 aromatic rings. The number of hydrogen-bond acceptors (Lipinski definition) is 1. The Labute approximate surface area is 167 Å². The normalized spacial score (nSPS) is 13.1. The van der Waals surface area contributed by atoms with E-state index in [9.17, 15) is 0 Å². The van der Waals surface area contributed by atoms with Crippen LogP contribution in [0, 0.1) is 16.9 Å². The molecule has 0 aliphatic heterocycles. The predicted molar refractivity (Wildman–Crippen MR) is 121 cm³/mol. The first-order chi connectivity index (χ1) is 12.6. The van der Waals surface area contributed by atoms with Crippen LogP contribution < -0.4 is 0 Å². The quantitative estimate of drug-likeness (QED) is 0.417. The number of rotatable bonds is 6. The molecule has 144 valence electrons. The number of nitrogens with zero attached hydrogens (tertiary/aromatic N) is 1. The van der Waals surface area contributed by atoms with Gasteiger partial charge in [0.2, 0.25) is 0 Å². The molecule has 1 nitrogen and oxygen atoms in total. The van der Waals surface area contributed by atoms with Gasteiger partial charge in [0.15, 0.2) is 0 Å². The molecular formula is C25H35NSi. The molecule has 0 heterocycles. The van der Waals surface area contributed by atoms with Crippen LogP contribution in [-0.2, 0) is 13.1 Å². The molecular weight excluding hydrogens is 342 g/mol. The monoisotopic (exact) mass is 377 g/mol. The highest BCUT2D eigenvalue weighted by Crippen LogP contribution is 2.26. The summed E-state index contributed by atoms with van der Waals surface area (Å²) in [5, 5.41) is 0. The summed E-state index contributed by atoms with van der Waals surface area (Å²) in [4.78, 5) is 2.56. The van der Waals surface area contributed by atoms with Crippen LogP contribution in [0.3, 0.4) is 0 Å². The molecule has 2 rings (SSSR count). The van der Waals surface area contributed by atoms with E-state index in [2.05, 4.69) is 117 Å². The lowest BCUT2D eigenvalue weighted by Crippen LogP contribution is -2.37. The molecule has 0 spiro atoms. The molecule has 0 aromatic heterocycles. The topological polar surface area (TPSA) is 3.24 Å². The van der Waals surface area contributed by atoms with E-state index in [-0.39, 0.29) is 11.5 Å². The first-order valence-electron chi connectivity index (χ1n) is 9.97. The fourth-order valence-corrected chi connectivity index (χ4v) is 3.66. The Bertz CT molecular complexity index is 701. The van der Waals surface area contributed by atoms with Gasteiger partial charge in [0, 0.05) is 13.1 Å². The molecule has 1 atom stereocenters. The standard InChI is InChI=1S/C25H35NSi/c1-25(2,3)19-24(17-18-27(4,5)6)26(20-22-13-9-7-10-14-22)21-23-15-11-8-12-16-23/h7-16,24H,19-21H2,1-6H3/t24-/m1/s1. The zero-order chi connectivity index (χ0) is 19.9. The second kappa shape index (κ2) is 9.40. The van der Waals surface area contributed by atoms with Gasteiger partial charge in [-0.1, -0.05) is 107 Å². The van der Waals surface area contributed by atoms with Crippen molar-refractivity contribution in [1.29, 1.82) is 0 Å². The van der Waals surface area contributed by atoms with Crippen LogP contribution >= 0.6 is 0 Å². The first kappa shape index (κ1) is 21.5. The van der Waals surface area contributed by atoms with Crippen LogP contribution in [0.15, 0.2) is 60.7 Å². The fraction of sp³-hybridized carbons (Fsp3) is 0.440. The molecule has 2 heteroatoms. The minimum Gasteiger partial charge on any atom is -0.281 e. The molecule has 0 saturated carbocycles. The van der Waals surface area contributed by atoms with Gasteiger partial charge in [0.25, 0.3) is 0 Å². The van der Waals surface area contributed by atoms with Crippen LogP contribution in [0.1, 0.15) is 38.3 Å². The minimum atomic E-state index is -1.41. The Morgan fingerprint density at radius 2 is 1.26 bits per heavy atom. The summed E-state index contributed by atoms with van der Waals surface area (Å²) in [5.41, 5.74) is 6.58. The second-order valence-electron chi connectivity index (χ2n) is 9.68. The predicted octanol–water partition coefficient (Wildman–Crippen LogP) is 6.37. The third-order valence-corrected chi connectivity index (χ3v) is 5.21. The molecule has 0 amide bonds. The summed E-state index contributed by atoms with van der Waals surface area (Å²) in [6, 6.07) is 21.8. The van der Waals surface area contributed by atoms with Crippen molar-refractivity contribution in [3.05, 3.63) is 71.8 Å². The molecule has 0 saturated heterocycles. The van der Waals surface area contributed by atoms with Gasteiger partial charge in [-0.3, -0.25) is 4.90 Å². The molecule has 0 unspecified atom stereocenters. The van der Waals surface area contributed by atoms with Crippen LogP contribution in [0.2, 0.25) is 19.6 Å². The van der Waals surface area contributed by atoms with Crippen LogP contribution in [-0.4, -0.2) is 19.0 Å². The molecule has 0 aliphatic rings. The van der Waals surface area contributed by atoms with Crippen molar-refractivity contribution in [3.63, 3.8) is 0 Å². The summed E-state index contributed by atoms with van der Waals surface area (Å²) in [6.45, 7) is 15.8. The van der Waals surface area contributed by atoms with E-state index in [4.69, 9.17) is 0 Å². The average molecular weight is 378 g/mol. The summed E-state index contributed by atoms with van der Waals surface area (Å²) in [5.74, 6) is 3.69. The maximum Gasteiger partial charge on any atom is 0.129 e. The van der Waals surface area contributed by atoms with Crippen molar-refractivity contribution in [1.82, 2.24) is 4.90 Å². The Morgan fingerprint density at radius 3 is 1.63 bits per heavy atom. The summed E-state index contributed by atoms with van der Waals surface area (Å²) >= 11 is 0. The Hall–Kier alpha value is -1.82. The molecule has 0 aliphatic carbocycles. The number of hydrogen-bond donors (Lipinski definition) is 0. The fourth-order valence-electron chi connectivity index (χ4n) is 3.06. The lowest BCUT2D eigenvalue weighted by molar-refractivity contribution is 0.170. The van der Waals surface area contributed by atoms with E-state index in [1.165, 1.54) is 11.1 Å². The second-order valence-corrected chi connectivity index (χ2v) is 14.4. The summed E-state index contributed by atoms with van der Waals surface area (Å²) in [6.07, 6.45) is 1.07. The van der Waals surface area contributed by atoms with Crippen LogP contribution in [0.25, 0.3) is 0 Å². The van der Waals surface area contributed by atoms with E-state index < -0.39 is 8.07 Å². The molecule has 2 aromatic carbocycles. The third kappa shape index (κ3) is 8.60. The zero-order valence-corrected chi connectivity index (χ0v) is 18.9. The van der Waals surface area contributed by atoms with E-state index in [0.29, 0.717) is 0 Å².